The molecule has 1 aliphatic carbocycles. The Morgan fingerprint density at radius 2 is 2.00 bits per heavy atom. The number of likely N-dealkylation sites (N-methyl/N-ethyl adjacent to an activating group) is 1. The molecule has 2 N–H and O–H groups in total. The molecule has 0 spiro atoms. The first-order valence-corrected chi connectivity index (χ1v) is 11.1. The van der Waals surface area contributed by atoms with Gasteiger partial charge in [0, 0.05) is 31.5 Å². The Bertz CT molecular complexity index is 1010. The molecule has 1 aromatic carbocycles. The number of nitrogens with one attached hydrogen (secondary N) is 2. The molecular weight excluding hydrogens is 374 g/mol. The number of fused-ring (bicyclic) bond motifs is 2. The number of H-pyrrole nitrogens is 1. The van der Waals surface area contributed by atoms with Gasteiger partial charge in [0.15, 0.2) is 0 Å². The molecule has 0 unspecified atom stereocenters. The second kappa shape index (κ2) is 8.36. The zero-order valence-electron chi connectivity index (χ0n) is 17.9. The van der Waals surface area contributed by atoms with E-state index in [0.29, 0.717) is 6.04 Å². The Labute approximate surface area is 178 Å². The van der Waals surface area contributed by atoms with E-state index in [1.165, 1.54) is 24.0 Å². The van der Waals surface area contributed by atoms with Crippen LogP contribution in [0.4, 0.5) is 5.82 Å². The van der Waals surface area contributed by atoms with E-state index in [1.807, 2.05) is 0 Å². The number of anilines is 1. The smallest absolute Gasteiger partial charge is 0.143 e. The number of rotatable bonds is 5. The van der Waals surface area contributed by atoms with Gasteiger partial charge in [-0.25, -0.2) is 9.97 Å². The number of nitrogens with zero attached hydrogens (tertiary/aromatic N) is 3. The van der Waals surface area contributed by atoms with Crippen molar-refractivity contribution in [3.05, 3.63) is 53.5 Å². The minimum absolute atomic E-state index is 0.202. The summed E-state index contributed by atoms with van der Waals surface area (Å²) in [5.74, 6) is 1.63. The van der Waals surface area contributed by atoms with Crippen LogP contribution < -0.4 is 5.32 Å². The van der Waals surface area contributed by atoms with Gasteiger partial charge >= 0.3 is 0 Å². The second-order valence-corrected chi connectivity index (χ2v) is 8.86. The maximum Gasteiger partial charge on any atom is 0.143 e. The lowest BCUT2D eigenvalue weighted by molar-refractivity contribution is 0.0475. The number of benzene rings is 1. The molecule has 0 radical (unpaired) electrons. The highest BCUT2D eigenvalue weighted by molar-refractivity contribution is 5.87. The van der Waals surface area contributed by atoms with E-state index < -0.39 is 0 Å². The Hall–Kier alpha value is -2.44. The van der Waals surface area contributed by atoms with E-state index in [9.17, 15) is 0 Å². The molecule has 6 heteroatoms. The van der Waals surface area contributed by atoms with Gasteiger partial charge in [-0.2, -0.15) is 0 Å². The summed E-state index contributed by atoms with van der Waals surface area (Å²) < 4.78 is 5.57. The highest BCUT2D eigenvalue weighted by atomic mass is 16.5. The summed E-state index contributed by atoms with van der Waals surface area (Å²) >= 11 is 0. The van der Waals surface area contributed by atoms with Gasteiger partial charge in [0.05, 0.1) is 11.4 Å². The quantitative estimate of drug-likeness (QED) is 0.669. The molecule has 2 atom stereocenters. The first kappa shape index (κ1) is 19.5. The van der Waals surface area contributed by atoms with Crippen molar-refractivity contribution in [3.63, 3.8) is 0 Å². The summed E-state index contributed by atoms with van der Waals surface area (Å²) in [5.41, 5.74) is 4.83. The summed E-state index contributed by atoms with van der Waals surface area (Å²) in [6, 6.07) is 11.6. The fourth-order valence-electron chi connectivity index (χ4n) is 5.20. The fraction of sp³-hybridized carbons (Fsp3) is 0.500. The van der Waals surface area contributed by atoms with Crippen molar-refractivity contribution in [3.8, 4) is 0 Å². The largest absolute Gasteiger partial charge is 0.381 e. The van der Waals surface area contributed by atoms with Crippen molar-refractivity contribution in [1.29, 1.82) is 0 Å². The number of hydrogen-bond donors (Lipinski definition) is 2. The van der Waals surface area contributed by atoms with Crippen LogP contribution in [-0.2, 0) is 11.2 Å². The van der Waals surface area contributed by atoms with Crippen LogP contribution in [0.3, 0.4) is 0 Å². The molecule has 6 nitrogen and oxygen atoms in total. The van der Waals surface area contributed by atoms with Gasteiger partial charge in [0.2, 0.25) is 0 Å². The molecule has 1 aliphatic heterocycles. The molecule has 1 fully saturated rings. The van der Waals surface area contributed by atoms with Crippen LogP contribution in [0.5, 0.6) is 0 Å². The molecule has 1 saturated heterocycles. The van der Waals surface area contributed by atoms with Crippen LogP contribution in [0.25, 0.3) is 11.0 Å². The van der Waals surface area contributed by atoms with Crippen LogP contribution in [0.15, 0.2) is 36.7 Å². The number of aromatic nitrogens is 3. The predicted molar refractivity (Wildman–Crippen MR) is 120 cm³/mol. The van der Waals surface area contributed by atoms with Crippen molar-refractivity contribution < 1.29 is 4.74 Å². The SMILES string of the molecule is Cc1cc2c(N[C@H]3c4ccccc4CC[C@@H]3N(C)CC3CCOCC3)ncnc2[nH]1. The summed E-state index contributed by atoms with van der Waals surface area (Å²) in [6.07, 6.45) is 6.26. The van der Waals surface area contributed by atoms with E-state index in [2.05, 4.69) is 69.5 Å². The Kier molecular flexibility index (Phi) is 5.44. The third-order valence-electron chi connectivity index (χ3n) is 6.79. The van der Waals surface area contributed by atoms with Crippen molar-refractivity contribution in [2.45, 2.75) is 44.7 Å². The number of ether oxygens (including phenoxy) is 1. The topological polar surface area (TPSA) is 66.1 Å². The maximum atomic E-state index is 5.57. The highest BCUT2D eigenvalue weighted by Gasteiger charge is 2.33. The number of aromatic amines is 1. The zero-order valence-corrected chi connectivity index (χ0v) is 17.9. The van der Waals surface area contributed by atoms with Gasteiger partial charge < -0.3 is 19.9 Å². The monoisotopic (exact) mass is 405 g/mol. The third-order valence-corrected chi connectivity index (χ3v) is 6.79. The Morgan fingerprint density at radius 1 is 1.17 bits per heavy atom. The van der Waals surface area contributed by atoms with Gasteiger partial charge in [0.25, 0.3) is 0 Å². The van der Waals surface area contributed by atoms with Gasteiger partial charge in [-0.15, -0.1) is 0 Å². The Balaban J connectivity index is 1.46. The van der Waals surface area contributed by atoms with Crippen LogP contribution >= 0.6 is 0 Å². The summed E-state index contributed by atoms with van der Waals surface area (Å²) in [5, 5.41) is 4.88. The lowest BCUT2D eigenvalue weighted by atomic mass is 9.82. The molecule has 0 saturated carbocycles. The van der Waals surface area contributed by atoms with Crippen molar-refractivity contribution in [2.24, 2.45) is 5.92 Å². The molecule has 30 heavy (non-hydrogen) atoms. The Morgan fingerprint density at radius 3 is 2.87 bits per heavy atom. The van der Waals surface area contributed by atoms with Crippen LogP contribution in [0.1, 0.15) is 42.1 Å². The van der Waals surface area contributed by atoms with Gasteiger partial charge in [-0.1, -0.05) is 24.3 Å². The van der Waals surface area contributed by atoms with Crippen LogP contribution in [0.2, 0.25) is 0 Å². The normalized spacial score (nSPS) is 22.4. The molecule has 2 aliphatic rings. The summed E-state index contributed by atoms with van der Waals surface area (Å²) in [4.78, 5) is 14.9. The average Bonchev–Trinajstić information content (AvgIpc) is 3.16. The van der Waals surface area contributed by atoms with Gasteiger partial charge in [-0.05, 0) is 62.8 Å². The van der Waals surface area contributed by atoms with Crippen molar-refractivity contribution in [1.82, 2.24) is 19.9 Å². The van der Waals surface area contributed by atoms with E-state index in [1.54, 1.807) is 6.33 Å². The lowest BCUT2D eigenvalue weighted by Gasteiger charge is -2.41. The van der Waals surface area contributed by atoms with E-state index in [-0.39, 0.29) is 6.04 Å². The molecule has 0 bridgehead atoms. The highest BCUT2D eigenvalue weighted by Crippen LogP contribution is 2.36. The van der Waals surface area contributed by atoms with Gasteiger partial charge in [0.1, 0.15) is 17.8 Å². The lowest BCUT2D eigenvalue weighted by Crippen LogP contribution is -2.45. The van der Waals surface area contributed by atoms with Crippen LogP contribution in [0, 0.1) is 12.8 Å². The predicted octanol–water partition coefficient (Wildman–Crippen LogP) is 4.09. The third kappa shape index (κ3) is 3.82. The minimum atomic E-state index is 0.202. The molecule has 3 heterocycles. The first-order valence-electron chi connectivity index (χ1n) is 11.1. The first-order chi connectivity index (χ1) is 14.7. The summed E-state index contributed by atoms with van der Waals surface area (Å²) in [6.45, 7) is 4.99. The number of hydrogen-bond acceptors (Lipinski definition) is 5. The van der Waals surface area contributed by atoms with Crippen LogP contribution in [-0.4, -0.2) is 52.7 Å². The zero-order chi connectivity index (χ0) is 20.5. The van der Waals surface area contributed by atoms with E-state index in [0.717, 1.165) is 61.1 Å². The molecule has 0 amide bonds. The van der Waals surface area contributed by atoms with E-state index in [4.69, 9.17) is 4.74 Å². The molecule has 2 aromatic heterocycles. The molecular formula is C24H31N5O. The summed E-state index contributed by atoms with van der Waals surface area (Å²) in [7, 11) is 2.29. The van der Waals surface area contributed by atoms with E-state index >= 15 is 0 Å². The minimum Gasteiger partial charge on any atom is -0.381 e. The van der Waals surface area contributed by atoms with Crippen molar-refractivity contribution in [2.75, 3.05) is 32.1 Å². The molecule has 3 aromatic rings. The van der Waals surface area contributed by atoms with Crippen molar-refractivity contribution >= 4 is 16.9 Å². The number of aryl methyl sites for hydroxylation is 2. The average molecular weight is 406 g/mol. The second-order valence-electron chi connectivity index (χ2n) is 8.86. The van der Waals surface area contributed by atoms with Gasteiger partial charge in [-0.3, -0.25) is 0 Å². The maximum absolute atomic E-state index is 5.57. The molecule has 5 rings (SSSR count). The molecule has 158 valence electrons. The fourth-order valence-corrected chi connectivity index (χ4v) is 5.20. The standard InChI is InChI=1S/C24H31N5O/c1-16-13-20-23(27-16)25-15-26-24(20)28-22-19-6-4-3-5-18(19)7-8-21(22)29(2)14-17-9-11-30-12-10-17/h3-6,13,15,17,21-22H,7-12,14H2,1-2H3,(H2,25,26,27,28)/t21-,22-/m0/s1.